The van der Waals surface area contributed by atoms with Crippen LogP contribution in [-0.2, 0) is 14.3 Å². The second-order valence-electron chi connectivity index (χ2n) is 4.25. The molecule has 0 spiro atoms. The molecule has 0 saturated heterocycles. The summed E-state index contributed by atoms with van der Waals surface area (Å²) in [6, 6.07) is 1.93. The molecular weight excluding hydrogens is 306 g/mol. The molecule has 3 N–H and O–H groups in total. The molecule has 0 aliphatic rings. The van der Waals surface area contributed by atoms with Crippen LogP contribution in [0, 0.1) is 11.6 Å². The summed E-state index contributed by atoms with van der Waals surface area (Å²) < 4.78 is 35.9. The van der Waals surface area contributed by atoms with E-state index in [2.05, 4.69) is 5.32 Å². The molecule has 2 unspecified atom stereocenters. The molecule has 120 valence electrons. The molecule has 1 rings (SSSR count). The van der Waals surface area contributed by atoms with Gasteiger partial charge in [-0.2, -0.15) is 0 Å². The molecule has 0 aromatic heterocycles. The normalized spacial score (nSPS) is 13.2. The van der Waals surface area contributed by atoms with Crippen LogP contribution in [0.5, 0.6) is 0 Å². The van der Waals surface area contributed by atoms with Crippen molar-refractivity contribution in [2.24, 2.45) is 5.73 Å². The Bertz CT molecular complexity index is 463. The topological polar surface area (TPSA) is 73.6 Å². The number of ether oxygens (including phenoxy) is 2. The zero-order valence-corrected chi connectivity index (χ0v) is 12.6. The second kappa shape index (κ2) is 9.62. The molecule has 0 aliphatic carbocycles. The molecule has 0 bridgehead atoms. The number of benzene rings is 1. The number of rotatable bonds is 7. The maximum atomic E-state index is 13.2. The fourth-order valence-corrected chi connectivity index (χ4v) is 1.65. The molecular formula is C13H19ClF2N2O3. The van der Waals surface area contributed by atoms with Crippen LogP contribution in [0.2, 0.25) is 0 Å². The predicted molar refractivity (Wildman–Crippen MR) is 76.2 cm³/mol. The van der Waals surface area contributed by atoms with Gasteiger partial charge >= 0.3 is 0 Å². The fourth-order valence-electron chi connectivity index (χ4n) is 1.65. The molecule has 0 saturated carbocycles. The van der Waals surface area contributed by atoms with Crippen molar-refractivity contribution < 1.29 is 23.0 Å². The molecule has 5 nitrogen and oxygen atoms in total. The lowest BCUT2D eigenvalue weighted by Crippen LogP contribution is -2.45. The van der Waals surface area contributed by atoms with Crippen LogP contribution >= 0.6 is 12.4 Å². The maximum Gasteiger partial charge on any atom is 0.239 e. The molecule has 0 radical (unpaired) electrons. The van der Waals surface area contributed by atoms with E-state index in [0.717, 1.165) is 12.1 Å². The van der Waals surface area contributed by atoms with E-state index in [4.69, 9.17) is 15.2 Å². The maximum absolute atomic E-state index is 13.2. The second-order valence-corrected chi connectivity index (χ2v) is 4.25. The summed E-state index contributed by atoms with van der Waals surface area (Å²) in [5.41, 5.74) is 5.98. The Labute approximate surface area is 128 Å². The van der Waals surface area contributed by atoms with Gasteiger partial charge in [-0.25, -0.2) is 8.78 Å². The predicted octanol–water partition coefficient (Wildman–Crippen LogP) is 1.16. The lowest BCUT2D eigenvalue weighted by molar-refractivity contribution is -0.124. The Morgan fingerprint density at radius 3 is 2.38 bits per heavy atom. The number of methoxy groups -OCH3 is 2. The van der Waals surface area contributed by atoms with E-state index in [0.29, 0.717) is 5.56 Å². The third-order valence-corrected chi connectivity index (χ3v) is 2.68. The molecule has 1 aromatic rings. The number of halogens is 3. The van der Waals surface area contributed by atoms with Crippen molar-refractivity contribution in [2.75, 3.05) is 27.4 Å². The van der Waals surface area contributed by atoms with E-state index in [1.807, 2.05) is 0 Å². The Morgan fingerprint density at radius 2 is 1.86 bits per heavy atom. The number of hydrogen-bond acceptors (Lipinski definition) is 4. The first-order chi connectivity index (χ1) is 9.49. The van der Waals surface area contributed by atoms with Crippen LogP contribution in [0.1, 0.15) is 11.6 Å². The number of carbonyl (C=O) groups is 1. The monoisotopic (exact) mass is 324 g/mol. The van der Waals surface area contributed by atoms with Crippen molar-refractivity contribution in [1.29, 1.82) is 0 Å². The first-order valence-electron chi connectivity index (χ1n) is 5.98. The molecule has 0 fully saturated rings. The largest absolute Gasteiger partial charge is 0.383 e. The number of carbonyl (C=O) groups excluding carboxylic acids is 1. The van der Waals surface area contributed by atoms with Gasteiger partial charge < -0.3 is 20.5 Å². The highest BCUT2D eigenvalue weighted by atomic mass is 35.5. The molecule has 1 amide bonds. The molecule has 8 heteroatoms. The van der Waals surface area contributed by atoms with Gasteiger partial charge in [0.2, 0.25) is 5.91 Å². The van der Waals surface area contributed by atoms with Gasteiger partial charge in [-0.1, -0.05) is 6.07 Å². The van der Waals surface area contributed by atoms with Gasteiger partial charge in [-0.15, -0.1) is 12.4 Å². The Hall–Kier alpha value is -1.28. The minimum absolute atomic E-state index is 0. The highest BCUT2D eigenvalue weighted by Crippen LogP contribution is 2.17. The fraction of sp³-hybridized carbons (Fsp3) is 0.462. The summed E-state index contributed by atoms with van der Waals surface area (Å²) in [7, 11) is 2.86. The van der Waals surface area contributed by atoms with E-state index in [-0.39, 0.29) is 25.6 Å². The molecule has 0 aliphatic heterocycles. The van der Waals surface area contributed by atoms with Crippen LogP contribution < -0.4 is 11.1 Å². The van der Waals surface area contributed by atoms with Gasteiger partial charge in [0.15, 0.2) is 11.6 Å². The van der Waals surface area contributed by atoms with Crippen LogP contribution in [0.25, 0.3) is 0 Å². The van der Waals surface area contributed by atoms with Crippen molar-refractivity contribution in [1.82, 2.24) is 5.32 Å². The van der Waals surface area contributed by atoms with E-state index in [1.54, 1.807) is 0 Å². The average Bonchev–Trinajstić information content (AvgIpc) is 2.41. The first kappa shape index (κ1) is 19.7. The molecule has 0 heterocycles. The van der Waals surface area contributed by atoms with Crippen molar-refractivity contribution >= 4 is 18.3 Å². The highest BCUT2D eigenvalue weighted by Gasteiger charge is 2.20. The van der Waals surface area contributed by atoms with E-state index in [1.165, 1.54) is 20.3 Å². The lowest BCUT2D eigenvalue weighted by Gasteiger charge is -2.20. The number of amides is 1. The zero-order valence-electron chi connectivity index (χ0n) is 11.8. The Balaban J connectivity index is 0.00000400. The van der Waals surface area contributed by atoms with Gasteiger partial charge in [-0.3, -0.25) is 4.79 Å². The highest BCUT2D eigenvalue weighted by molar-refractivity contribution is 5.85. The lowest BCUT2D eigenvalue weighted by atomic mass is 10.1. The zero-order chi connectivity index (χ0) is 15.1. The first-order valence-corrected chi connectivity index (χ1v) is 5.98. The molecule has 2 atom stereocenters. The summed E-state index contributed by atoms with van der Waals surface area (Å²) in [6.45, 7) is 0.166. The van der Waals surface area contributed by atoms with Crippen LogP contribution in [0.15, 0.2) is 18.2 Å². The Kier molecular flexibility index (Phi) is 9.03. The number of hydrogen-bond donors (Lipinski definition) is 2. The minimum atomic E-state index is -0.987. The number of nitrogens with two attached hydrogens (primary N) is 1. The summed E-state index contributed by atoms with van der Waals surface area (Å²) in [5, 5.41) is 2.61. The van der Waals surface area contributed by atoms with Gasteiger partial charge in [0.1, 0.15) is 6.04 Å². The van der Waals surface area contributed by atoms with Crippen molar-refractivity contribution in [3.05, 3.63) is 35.4 Å². The van der Waals surface area contributed by atoms with Gasteiger partial charge in [0.05, 0.1) is 19.3 Å². The summed E-state index contributed by atoms with van der Waals surface area (Å²) in [5.74, 6) is -2.40. The van der Waals surface area contributed by atoms with Crippen LogP contribution in [-0.4, -0.2) is 39.4 Å². The summed E-state index contributed by atoms with van der Waals surface area (Å²) in [6.07, 6.45) is 0. The van der Waals surface area contributed by atoms with Gasteiger partial charge in [0, 0.05) is 14.2 Å². The standard InChI is InChI=1S/C13H18F2N2O3.ClH/c1-19-6-11(16)13(18)17-12(7-20-2)8-3-4-9(14)10(15)5-8;/h3-5,11-12H,6-7,16H2,1-2H3,(H,17,18);1H. The van der Waals surface area contributed by atoms with E-state index >= 15 is 0 Å². The average molecular weight is 325 g/mol. The van der Waals surface area contributed by atoms with Crippen LogP contribution in [0.3, 0.4) is 0 Å². The summed E-state index contributed by atoms with van der Waals surface area (Å²) in [4.78, 5) is 11.8. The van der Waals surface area contributed by atoms with Gasteiger partial charge in [0.25, 0.3) is 0 Å². The quantitative estimate of drug-likeness (QED) is 0.789. The van der Waals surface area contributed by atoms with Crippen LogP contribution in [0.4, 0.5) is 8.78 Å². The van der Waals surface area contributed by atoms with Crippen molar-refractivity contribution in [2.45, 2.75) is 12.1 Å². The summed E-state index contributed by atoms with van der Waals surface area (Å²) >= 11 is 0. The third kappa shape index (κ3) is 5.92. The van der Waals surface area contributed by atoms with Gasteiger partial charge in [-0.05, 0) is 17.7 Å². The number of nitrogens with one attached hydrogen (secondary N) is 1. The van der Waals surface area contributed by atoms with E-state index < -0.39 is 29.6 Å². The van der Waals surface area contributed by atoms with E-state index in [9.17, 15) is 13.6 Å². The Morgan fingerprint density at radius 1 is 1.24 bits per heavy atom. The molecule has 21 heavy (non-hydrogen) atoms. The SMILES string of the molecule is COCC(N)C(=O)NC(COC)c1ccc(F)c(F)c1.Cl. The smallest absolute Gasteiger partial charge is 0.239 e. The van der Waals surface area contributed by atoms with Crippen molar-refractivity contribution in [3.63, 3.8) is 0 Å². The minimum Gasteiger partial charge on any atom is -0.383 e. The van der Waals surface area contributed by atoms with Crippen molar-refractivity contribution in [3.8, 4) is 0 Å². The third-order valence-electron chi connectivity index (χ3n) is 2.68. The molecule has 1 aromatic carbocycles.